The normalized spacial score (nSPS) is 14.5. The molecule has 318 valence electrons. The molecule has 0 saturated carbocycles. The number of nitrogens with two attached hydrogens (primary N) is 2. The van der Waals surface area contributed by atoms with Gasteiger partial charge in [-0.05, 0) is 58.4 Å². The van der Waals surface area contributed by atoms with Crippen LogP contribution in [0, 0.1) is 13.8 Å². The molecular weight excluding hydrogens is 771 g/mol. The number of ether oxygens (including phenoxy) is 1. The number of allylic oxidation sites excluding steroid dienone is 2. The Balaban J connectivity index is 1.21. The first-order valence-electron chi connectivity index (χ1n) is 20.3. The third kappa shape index (κ3) is 9.03. The number of aromatic nitrogens is 8. The molecule has 1 saturated heterocycles. The Bertz CT molecular complexity index is 2430. The molecule has 0 bridgehead atoms. The molecule has 6 heterocycles. The summed E-state index contributed by atoms with van der Waals surface area (Å²) in [6.07, 6.45) is 5.02. The van der Waals surface area contributed by atoms with Gasteiger partial charge in [-0.15, -0.1) is 0 Å². The molecule has 2 aliphatic rings. The molecule has 0 aliphatic carbocycles. The molecule has 0 atom stereocenters. The summed E-state index contributed by atoms with van der Waals surface area (Å²) in [6, 6.07) is 6.09. The number of piperazine rings is 1. The second kappa shape index (κ2) is 18.2. The maximum Gasteiger partial charge on any atom is 0.315 e. The Morgan fingerprint density at radius 3 is 2.05 bits per heavy atom. The number of nitrogens with zero attached hydrogens (tertiary/aromatic N) is 10. The van der Waals surface area contributed by atoms with Crippen LogP contribution in [0.2, 0.25) is 0 Å². The molecule has 1 aromatic carbocycles. The van der Waals surface area contributed by atoms with Crippen LogP contribution in [-0.2, 0) is 39.1 Å². The summed E-state index contributed by atoms with van der Waals surface area (Å²) in [5, 5.41) is 18.2. The highest BCUT2D eigenvalue weighted by molar-refractivity contribution is 6.04. The van der Waals surface area contributed by atoms with Gasteiger partial charge in [0.15, 0.2) is 0 Å². The van der Waals surface area contributed by atoms with Gasteiger partial charge in [0.2, 0.25) is 17.8 Å². The van der Waals surface area contributed by atoms with E-state index in [0.29, 0.717) is 78.2 Å². The Morgan fingerprint density at radius 1 is 0.833 bits per heavy atom. The smallest absolute Gasteiger partial charge is 0.315 e. The quantitative estimate of drug-likeness (QED) is 0.0714. The molecule has 0 unspecified atom stereocenters. The Hall–Kier alpha value is -6.54. The number of aryl methyl sites for hydroxylation is 4. The van der Waals surface area contributed by atoms with Crippen molar-refractivity contribution in [1.29, 1.82) is 0 Å². The molecule has 0 spiro atoms. The van der Waals surface area contributed by atoms with E-state index in [1.54, 1.807) is 33.6 Å². The molecule has 20 nitrogen and oxygen atoms in total. The van der Waals surface area contributed by atoms with Gasteiger partial charge in [-0.1, -0.05) is 12.2 Å². The van der Waals surface area contributed by atoms with Gasteiger partial charge < -0.3 is 40.5 Å². The van der Waals surface area contributed by atoms with Gasteiger partial charge in [0.05, 0.1) is 41.4 Å². The van der Waals surface area contributed by atoms with Crippen molar-refractivity contribution in [3.05, 3.63) is 76.1 Å². The van der Waals surface area contributed by atoms with Crippen LogP contribution < -0.4 is 32.2 Å². The first-order valence-corrected chi connectivity index (χ1v) is 20.3. The second-order valence-electron chi connectivity index (χ2n) is 14.8. The highest BCUT2D eigenvalue weighted by Crippen LogP contribution is 2.32. The van der Waals surface area contributed by atoms with Gasteiger partial charge >= 0.3 is 6.03 Å². The zero-order chi connectivity index (χ0) is 42.5. The number of rotatable bonds is 16. The summed E-state index contributed by atoms with van der Waals surface area (Å²) in [5.74, 6) is -0.462. The lowest BCUT2D eigenvalue weighted by atomic mass is 10.1. The highest BCUT2D eigenvalue weighted by Gasteiger charge is 2.27. The molecule has 60 heavy (non-hydrogen) atoms. The fraction of sp³-hybridized carbons (Fsp3) is 0.450. The van der Waals surface area contributed by atoms with Crippen LogP contribution in [0.15, 0.2) is 36.4 Å². The maximum absolute atomic E-state index is 13.8. The average Bonchev–Trinajstić information content (AvgIpc) is 4.00. The molecule has 0 radical (unpaired) electrons. The topological polar surface area (TPSA) is 243 Å². The van der Waals surface area contributed by atoms with Crippen molar-refractivity contribution < 1.29 is 23.9 Å². The van der Waals surface area contributed by atoms with Crippen molar-refractivity contribution in [2.75, 3.05) is 56.5 Å². The molecule has 5 aromatic rings. The molecule has 1 fully saturated rings. The Morgan fingerprint density at radius 2 is 1.45 bits per heavy atom. The summed E-state index contributed by atoms with van der Waals surface area (Å²) < 4.78 is 13.3. The number of carbonyl (C=O) groups excluding carboxylic acids is 4. The molecule has 4 aromatic heterocycles. The van der Waals surface area contributed by atoms with Crippen molar-refractivity contribution in [1.82, 2.24) is 53.8 Å². The zero-order valence-electron chi connectivity index (χ0n) is 34.5. The SMILES string of the molecule is CCn1nc(C)cc1C(=O)Nc1nc2c(n1C/C=C/Cn1c(NC(=O)c3cc(C)nn3CC)nc3cc(C(N)=O)cc(OCCCN4CCNCC4)c31)CN(C(N)=O)CC2. The van der Waals surface area contributed by atoms with Crippen LogP contribution in [0.5, 0.6) is 5.75 Å². The van der Waals surface area contributed by atoms with Crippen molar-refractivity contribution in [3.63, 3.8) is 0 Å². The van der Waals surface area contributed by atoms with E-state index in [0.717, 1.165) is 50.5 Å². The Kier molecular flexibility index (Phi) is 12.6. The van der Waals surface area contributed by atoms with E-state index < -0.39 is 17.8 Å². The fourth-order valence-electron chi connectivity index (χ4n) is 7.68. The fourth-order valence-corrected chi connectivity index (χ4v) is 7.68. The van der Waals surface area contributed by atoms with Crippen LogP contribution >= 0.6 is 0 Å². The lowest BCUT2D eigenvalue weighted by molar-refractivity contribution is 0.0994. The minimum atomic E-state index is -0.638. The van der Waals surface area contributed by atoms with Crippen LogP contribution in [0.4, 0.5) is 16.7 Å². The maximum atomic E-state index is 13.8. The summed E-state index contributed by atoms with van der Waals surface area (Å²) >= 11 is 0. The van der Waals surface area contributed by atoms with Gasteiger partial charge in [0.25, 0.3) is 11.8 Å². The van der Waals surface area contributed by atoms with Crippen molar-refractivity contribution in [3.8, 4) is 5.75 Å². The number of carbonyl (C=O) groups is 4. The van der Waals surface area contributed by atoms with Crippen LogP contribution in [0.3, 0.4) is 0 Å². The number of urea groups is 1. The van der Waals surface area contributed by atoms with Gasteiger partial charge in [0.1, 0.15) is 22.7 Å². The largest absolute Gasteiger partial charge is 0.491 e. The van der Waals surface area contributed by atoms with Crippen LogP contribution in [0.1, 0.15) is 74.4 Å². The Labute approximate surface area is 346 Å². The number of hydrogen-bond donors (Lipinski definition) is 5. The third-order valence-corrected chi connectivity index (χ3v) is 10.7. The predicted molar refractivity (Wildman–Crippen MR) is 224 cm³/mol. The molecule has 2 aliphatic heterocycles. The molecule has 7 N–H and O–H groups in total. The first-order chi connectivity index (χ1) is 28.9. The minimum Gasteiger partial charge on any atom is -0.491 e. The van der Waals surface area contributed by atoms with Crippen LogP contribution in [-0.4, -0.2) is 118 Å². The average molecular weight is 824 g/mol. The predicted octanol–water partition coefficient (Wildman–Crippen LogP) is 2.25. The van der Waals surface area contributed by atoms with Gasteiger partial charge in [-0.2, -0.15) is 10.2 Å². The van der Waals surface area contributed by atoms with Gasteiger partial charge in [-0.3, -0.25) is 34.4 Å². The summed E-state index contributed by atoms with van der Waals surface area (Å²) in [5.41, 5.74) is 16.3. The van der Waals surface area contributed by atoms with E-state index in [1.165, 1.54) is 4.90 Å². The van der Waals surface area contributed by atoms with Crippen molar-refractivity contribution >= 4 is 46.7 Å². The van der Waals surface area contributed by atoms with E-state index in [1.807, 2.05) is 49.0 Å². The first kappa shape index (κ1) is 41.6. The standard InChI is InChI=1S/C40H53N15O5/c1-5-54-30(20-25(3)48-54)36(57)46-39-44-28-10-16-51(38(42)59)24-32(28)52(39)14-7-8-15-53-34-29(45-40(53)47-37(58)31-21-26(4)49-55(31)6-2)22-27(35(41)56)23-33(34)60-19-9-13-50-17-11-43-12-18-50/h7-8,20-23,43H,5-6,9-19,24H2,1-4H3,(H2,41,56)(H2,42,59)(H,44,46,57)(H,45,47,58)/b8-7+. The van der Waals surface area contributed by atoms with E-state index in [-0.39, 0.29) is 37.1 Å². The monoisotopic (exact) mass is 823 g/mol. The zero-order valence-corrected chi connectivity index (χ0v) is 34.5. The number of benzene rings is 1. The molecule has 20 heteroatoms. The van der Waals surface area contributed by atoms with Crippen molar-refractivity contribution in [2.24, 2.45) is 11.5 Å². The molecule has 7 rings (SSSR count). The van der Waals surface area contributed by atoms with Crippen molar-refractivity contribution in [2.45, 2.75) is 73.3 Å². The van der Waals surface area contributed by atoms with E-state index in [2.05, 4.69) is 31.0 Å². The summed E-state index contributed by atoms with van der Waals surface area (Å²) in [6.45, 7) is 14.6. The number of primary amides is 2. The van der Waals surface area contributed by atoms with E-state index in [9.17, 15) is 19.2 Å². The van der Waals surface area contributed by atoms with E-state index >= 15 is 0 Å². The van der Waals surface area contributed by atoms with Gasteiger partial charge in [-0.25, -0.2) is 14.8 Å². The second-order valence-corrected chi connectivity index (χ2v) is 14.8. The van der Waals surface area contributed by atoms with Gasteiger partial charge in [0, 0.05) is 77.4 Å². The summed E-state index contributed by atoms with van der Waals surface area (Å²) in [4.78, 5) is 65.6. The molecular formula is C40H53N15O5. The summed E-state index contributed by atoms with van der Waals surface area (Å²) in [7, 11) is 0. The highest BCUT2D eigenvalue weighted by atomic mass is 16.5. The third-order valence-electron chi connectivity index (χ3n) is 10.7. The number of imidazole rings is 2. The number of fused-ring (bicyclic) bond motifs is 2. The van der Waals surface area contributed by atoms with Crippen LogP contribution in [0.25, 0.3) is 11.0 Å². The minimum absolute atomic E-state index is 0.214. The number of anilines is 2. The lowest BCUT2D eigenvalue weighted by Gasteiger charge is -2.27. The van der Waals surface area contributed by atoms with E-state index in [4.69, 9.17) is 26.2 Å². The number of amides is 5. The number of nitrogens with one attached hydrogen (secondary N) is 3. The molecule has 5 amide bonds. The number of hydrogen-bond acceptors (Lipinski definition) is 11. The lowest BCUT2D eigenvalue weighted by Crippen LogP contribution is -2.43.